The number of rotatable bonds is 2. The summed E-state index contributed by atoms with van der Waals surface area (Å²) < 4.78 is 5.54. The molecule has 2 saturated heterocycles. The zero-order chi connectivity index (χ0) is 13.2. The first kappa shape index (κ1) is 13.2. The van der Waals surface area contributed by atoms with Crippen LogP contribution in [0.5, 0.6) is 0 Å². The minimum Gasteiger partial charge on any atom is -0.393 e. The van der Waals surface area contributed by atoms with E-state index in [1.54, 1.807) is 6.20 Å². The molecule has 0 amide bonds. The van der Waals surface area contributed by atoms with Gasteiger partial charge in [-0.15, -0.1) is 0 Å². The van der Waals surface area contributed by atoms with Crippen LogP contribution in [0.4, 0.5) is 5.82 Å². The maximum absolute atomic E-state index is 10.2. The van der Waals surface area contributed by atoms with Crippen molar-refractivity contribution >= 4 is 17.4 Å². The Balaban J connectivity index is 1.79. The highest BCUT2D eigenvalue weighted by Crippen LogP contribution is 2.32. The normalized spacial score (nSPS) is 31.7. The lowest BCUT2D eigenvalue weighted by Crippen LogP contribution is -2.46. The quantitative estimate of drug-likeness (QED) is 0.902. The van der Waals surface area contributed by atoms with E-state index in [0.717, 1.165) is 31.6 Å². The Morgan fingerprint density at radius 3 is 3.00 bits per heavy atom. The first-order chi connectivity index (χ1) is 9.25. The second-order valence-corrected chi connectivity index (χ2v) is 5.77. The van der Waals surface area contributed by atoms with Crippen LogP contribution >= 0.6 is 11.6 Å². The zero-order valence-electron chi connectivity index (χ0n) is 10.8. The molecular weight excluding hydrogens is 264 g/mol. The van der Waals surface area contributed by atoms with Crippen LogP contribution in [0, 0.1) is 5.92 Å². The molecular formula is C14H19ClN2O2. The number of aliphatic hydroxyl groups is 1. The third kappa shape index (κ3) is 2.71. The number of anilines is 1. The molecule has 0 radical (unpaired) electrons. The molecule has 2 aliphatic heterocycles. The molecule has 3 rings (SSSR count). The van der Waals surface area contributed by atoms with Crippen molar-refractivity contribution in [2.75, 3.05) is 24.7 Å². The maximum atomic E-state index is 10.2. The van der Waals surface area contributed by atoms with Crippen LogP contribution in [0.1, 0.15) is 19.3 Å². The van der Waals surface area contributed by atoms with E-state index in [2.05, 4.69) is 9.88 Å². The molecule has 1 aromatic rings. The fourth-order valence-corrected chi connectivity index (χ4v) is 3.29. The van der Waals surface area contributed by atoms with Crippen LogP contribution in [-0.4, -0.2) is 42.0 Å². The summed E-state index contributed by atoms with van der Waals surface area (Å²) in [7, 11) is 0. The first-order valence-electron chi connectivity index (χ1n) is 6.90. The lowest BCUT2D eigenvalue weighted by Gasteiger charge is -2.37. The van der Waals surface area contributed by atoms with Gasteiger partial charge in [-0.25, -0.2) is 4.98 Å². The number of halogens is 1. The topological polar surface area (TPSA) is 45.6 Å². The maximum Gasteiger partial charge on any atom is 0.128 e. The Morgan fingerprint density at radius 2 is 2.26 bits per heavy atom. The van der Waals surface area contributed by atoms with Crippen molar-refractivity contribution in [1.82, 2.24) is 4.98 Å². The number of nitrogens with zero attached hydrogens (tertiary/aromatic N) is 2. The number of ether oxygens (including phenoxy) is 1. The smallest absolute Gasteiger partial charge is 0.128 e. The molecule has 0 saturated carbocycles. The summed E-state index contributed by atoms with van der Waals surface area (Å²) in [4.78, 5) is 6.69. The Kier molecular flexibility index (Phi) is 3.91. The highest BCUT2D eigenvalue weighted by Gasteiger charge is 2.38. The summed E-state index contributed by atoms with van der Waals surface area (Å²) in [6.45, 7) is 2.31. The second-order valence-electron chi connectivity index (χ2n) is 5.33. The van der Waals surface area contributed by atoms with Gasteiger partial charge < -0.3 is 14.7 Å². The van der Waals surface area contributed by atoms with Gasteiger partial charge in [0, 0.05) is 31.3 Å². The Labute approximate surface area is 118 Å². The number of aromatic nitrogens is 1. The summed E-state index contributed by atoms with van der Waals surface area (Å²) in [5.74, 6) is 1.14. The van der Waals surface area contributed by atoms with Gasteiger partial charge in [0.05, 0.1) is 17.7 Å². The summed E-state index contributed by atoms with van der Waals surface area (Å²) in [5, 5.41) is 10.8. The van der Waals surface area contributed by atoms with Gasteiger partial charge >= 0.3 is 0 Å². The zero-order valence-corrected chi connectivity index (χ0v) is 11.6. The molecule has 0 bridgehead atoms. The van der Waals surface area contributed by atoms with Crippen LogP contribution in [0.2, 0.25) is 5.02 Å². The van der Waals surface area contributed by atoms with Crippen LogP contribution in [0.15, 0.2) is 18.3 Å². The Hall–Kier alpha value is -0.840. The lowest BCUT2D eigenvalue weighted by atomic mass is 9.89. The van der Waals surface area contributed by atoms with E-state index >= 15 is 0 Å². The van der Waals surface area contributed by atoms with Crippen molar-refractivity contribution in [1.29, 1.82) is 0 Å². The molecule has 19 heavy (non-hydrogen) atoms. The number of pyridine rings is 1. The average Bonchev–Trinajstić information content (AvgIpc) is 2.89. The Bertz CT molecular complexity index is 426. The second kappa shape index (κ2) is 5.65. The largest absolute Gasteiger partial charge is 0.393 e. The summed E-state index contributed by atoms with van der Waals surface area (Å²) in [5.41, 5.74) is 0. The molecule has 0 spiro atoms. The molecule has 0 aromatic carbocycles. The van der Waals surface area contributed by atoms with Gasteiger partial charge in [-0.1, -0.05) is 11.6 Å². The minimum absolute atomic E-state index is 0.189. The van der Waals surface area contributed by atoms with E-state index in [0.29, 0.717) is 24.3 Å². The van der Waals surface area contributed by atoms with Crippen molar-refractivity contribution in [3.63, 3.8) is 0 Å². The predicted molar refractivity (Wildman–Crippen MR) is 74.5 cm³/mol. The van der Waals surface area contributed by atoms with Crippen LogP contribution in [0.25, 0.3) is 0 Å². The van der Waals surface area contributed by atoms with Crippen molar-refractivity contribution in [2.45, 2.75) is 31.4 Å². The van der Waals surface area contributed by atoms with Gasteiger partial charge in [-0.3, -0.25) is 0 Å². The molecule has 2 fully saturated rings. The fraction of sp³-hybridized carbons (Fsp3) is 0.643. The molecule has 104 valence electrons. The predicted octanol–water partition coefficient (Wildman–Crippen LogP) is 2.10. The van der Waals surface area contributed by atoms with Crippen molar-refractivity contribution < 1.29 is 9.84 Å². The van der Waals surface area contributed by atoms with Crippen molar-refractivity contribution in [3.8, 4) is 0 Å². The van der Waals surface area contributed by atoms with Gasteiger partial charge in [0.1, 0.15) is 5.82 Å². The monoisotopic (exact) mass is 282 g/mol. The molecule has 3 heterocycles. The van der Waals surface area contributed by atoms with Crippen molar-refractivity contribution in [3.05, 3.63) is 23.4 Å². The highest BCUT2D eigenvalue weighted by molar-refractivity contribution is 6.30. The number of aliphatic hydroxyl groups excluding tert-OH is 1. The molecule has 3 atom stereocenters. The van der Waals surface area contributed by atoms with Gasteiger partial charge in [-0.05, 0) is 31.4 Å². The lowest BCUT2D eigenvalue weighted by molar-refractivity contribution is -0.0438. The van der Waals surface area contributed by atoms with E-state index in [-0.39, 0.29) is 12.0 Å². The molecule has 3 unspecified atom stereocenters. The fourth-order valence-electron chi connectivity index (χ4n) is 3.18. The average molecular weight is 283 g/mol. The number of hydrogen-bond donors (Lipinski definition) is 1. The van der Waals surface area contributed by atoms with E-state index < -0.39 is 0 Å². The Morgan fingerprint density at radius 1 is 1.37 bits per heavy atom. The molecule has 4 nitrogen and oxygen atoms in total. The van der Waals surface area contributed by atoms with Crippen LogP contribution in [0.3, 0.4) is 0 Å². The van der Waals surface area contributed by atoms with Crippen molar-refractivity contribution in [2.24, 2.45) is 5.92 Å². The molecule has 2 aliphatic rings. The van der Waals surface area contributed by atoms with E-state index in [1.807, 2.05) is 12.1 Å². The van der Waals surface area contributed by atoms with Gasteiger partial charge in [0.2, 0.25) is 0 Å². The molecule has 1 N–H and O–H groups in total. The highest BCUT2D eigenvalue weighted by atomic mass is 35.5. The van der Waals surface area contributed by atoms with E-state index in [1.165, 1.54) is 0 Å². The van der Waals surface area contributed by atoms with Gasteiger partial charge in [-0.2, -0.15) is 0 Å². The van der Waals surface area contributed by atoms with Gasteiger partial charge in [0.15, 0.2) is 0 Å². The summed E-state index contributed by atoms with van der Waals surface area (Å²) in [6, 6.07) is 4.15. The van der Waals surface area contributed by atoms with E-state index in [4.69, 9.17) is 16.3 Å². The first-order valence-corrected chi connectivity index (χ1v) is 7.27. The van der Waals surface area contributed by atoms with Crippen LogP contribution in [-0.2, 0) is 4.74 Å². The summed E-state index contributed by atoms with van der Waals surface area (Å²) >= 11 is 5.89. The molecule has 1 aromatic heterocycles. The SMILES string of the molecule is OC1CCOCC1C1CCCN1c1ccc(Cl)cn1. The summed E-state index contributed by atoms with van der Waals surface area (Å²) in [6.07, 6.45) is 4.39. The number of hydrogen-bond acceptors (Lipinski definition) is 4. The molecule has 0 aliphatic carbocycles. The third-order valence-corrected chi connectivity index (χ3v) is 4.39. The van der Waals surface area contributed by atoms with Crippen LogP contribution < -0.4 is 4.90 Å². The van der Waals surface area contributed by atoms with Gasteiger partial charge in [0.25, 0.3) is 0 Å². The standard InChI is InChI=1S/C14H19ClN2O2/c15-10-3-4-14(16-8-10)17-6-1-2-12(17)11-9-19-7-5-13(11)18/h3-4,8,11-13,18H,1-2,5-7,9H2. The molecule has 5 heteroatoms. The third-order valence-electron chi connectivity index (χ3n) is 4.16. The van der Waals surface area contributed by atoms with E-state index in [9.17, 15) is 5.11 Å². The minimum atomic E-state index is -0.258.